The normalized spacial score (nSPS) is 10.5. The summed E-state index contributed by atoms with van der Waals surface area (Å²) < 4.78 is 5.67. The van der Waals surface area contributed by atoms with Crippen molar-refractivity contribution in [3.8, 4) is 5.75 Å². The van der Waals surface area contributed by atoms with E-state index in [1.54, 1.807) is 0 Å². The highest BCUT2D eigenvalue weighted by molar-refractivity contribution is 6.02. The molecule has 2 N–H and O–H groups in total. The molecule has 0 amide bonds. The van der Waals surface area contributed by atoms with Crippen LogP contribution in [-0.2, 0) is 6.61 Å². The van der Waals surface area contributed by atoms with Gasteiger partial charge in [0.2, 0.25) is 0 Å². The number of benzene rings is 3. The van der Waals surface area contributed by atoms with E-state index in [-0.39, 0.29) is 17.7 Å². The van der Waals surface area contributed by atoms with Crippen molar-refractivity contribution >= 4 is 22.7 Å². The van der Waals surface area contributed by atoms with Gasteiger partial charge in [-0.25, -0.2) is 9.59 Å². The number of hydrogen-bond donors (Lipinski definition) is 2. The second-order valence-corrected chi connectivity index (χ2v) is 5.24. The molecule has 0 spiro atoms. The minimum Gasteiger partial charge on any atom is -0.489 e. The molecule has 0 atom stereocenters. The Morgan fingerprint density at radius 1 is 0.833 bits per heavy atom. The van der Waals surface area contributed by atoms with Crippen LogP contribution >= 0.6 is 0 Å². The number of ether oxygens (including phenoxy) is 1. The summed E-state index contributed by atoms with van der Waals surface area (Å²) in [5.74, 6) is -2.28. The Hall–Kier alpha value is -3.34. The average Bonchev–Trinajstić information content (AvgIpc) is 2.59. The van der Waals surface area contributed by atoms with E-state index in [0.717, 1.165) is 16.3 Å². The maximum Gasteiger partial charge on any atom is 0.336 e. The summed E-state index contributed by atoms with van der Waals surface area (Å²) in [6.45, 7) is 0.257. The zero-order chi connectivity index (χ0) is 17.1. The van der Waals surface area contributed by atoms with Crippen LogP contribution in [0.3, 0.4) is 0 Å². The SMILES string of the molecule is O=C(O)c1ccc(OCc2cccc3ccccc23)cc1C(=O)O. The van der Waals surface area contributed by atoms with Gasteiger partial charge < -0.3 is 14.9 Å². The first-order chi connectivity index (χ1) is 11.6. The molecule has 0 aliphatic heterocycles. The molecular weight excluding hydrogens is 308 g/mol. The van der Waals surface area contributed by atoms with Crippen LogP contribution in [0.15, 0.2) is 60.7 Å². The molecule has 0 aliphatic rings. The molecule has 0 fully saturated rings. The predicted octanol–water partition coefficient (Wildman–Crippen LogP) is 3.82. The van der Waals surface area contributed by atoms with Crippen molar-refractivity contribution in [2.24, 2.45) is 0 Å². The van der Waals surface area contributed by atoms with Crippen LogP contribution in [0.4, 0.5) is 0 Å². The van der Waals surface area contributed by atoms with E-state index in [1.165, 1.54) is 18.2 Å². The molecule has 0 bridgehead atoms. The zero-order valence-electron chi connectivity index (χ0n) is 12.6. The van der Waals surface area contributed by atoms with Crippen molar-refractivity contribution in [2.75, 3.05) is 0 Å². The number of hydrogen-bond acceptors (Lipinski definition) is 3. The Morgan fingerprint density at radius 3 is 2.29 bits per heavy atom. The average molecular weight is 322 g/mol. The van der Waals surface area contributed by atoms with E-state index in [4.69, 9.17) is 14.9 Å². The van der Waals surface area contributed by atoms with Gasteiger partial charge in [-0.2, -0.15) is 0 Å². The summed E-state index contributed by atoms with van der Waals surface area (Å²) in [5.41, 5.74) is 0.408. The molecule has 0 saturated heterocycles. The summed E-state index contributed by atoms with van der Waals surface area (Å²) in [7, 11) is 0. The molecule has 5 nitrogen and oxygen atoms in total. The highest BCUT2D eigenvalue weighted by Gasteiger charge is 2.16. The lowest BCUT2D eigenvalue weighted by molar-refractivity contribution is 0.0651. The van der Waals surface area contributed by atoms with Gasteiger partial charge in [0.15, 0.2) is 0 Å². The number of aromatic carboxylic acids is 2. The van der Waals surface area contributed by atoms with Crippen LogP contribution in [0, 0.1) is 0 Å². The number of carboxylic acid groups (broad SMARTS) is 2. The second-order valence-electron chi connectivity index (χ2n) is 5.24. The van der Waals surface area contributed by atoms with E-state index in [0.29, 0.717) is 5.75 Å². The van der Waals surface area contributed by atoms with Gasteiger partial charge in [-0.05, 0) is 34.5 Å². The van der Waals surface area contributed by atoms with Crippen molar-refractivity contribution in [1.82, 2.24) is 0 Å². The van der Waals surface area contributed by atoms with E-state index < -0.39 is 11.9 Å². The third kappa shape index (κ3) is 3.05. The Kier molecular flexibility index (Phi) is 4.16. The molecule has 5 heteroatoms. The second kappa shape index (κ2) is 6.42. The van der Waals surface area contributed by atoms with Gasteiger partial charge in [0.25, 0.3) is 0 Å². The van der Waals surface area contributed by atoms with Gasteiger partial charge in [0.1, 0.15) is 12.4 Å². The van der Waals surface area contributed by atoms with E-state index in [2.05, 4.69) is 0 Å². The molecule has 24 heavy (non-hydrogen) atoms. The molecule has 3 aromatic rings. The van der Waals surface area contributed by atoms with E-state index in [1.807, 2.05) is 42.5 Å². The largest absolute Gasteiger partial charge is 0.489 e. The van der Waals surface area contributed by atoms with Gasteiger partial charge in [0.05, 0.1) is 11.1 Å². The molecule has 3 aromatic carbocycles. The van der Waals surface area contributed by atoms with E-state index in [9.17, 15) is 9.59 Å². The van der Waals surface area contributed by atoms with Gasteiger partial charge in [0, 0.05) is 0 Å². The molecule has 0 aromatic heterocycles. The minimum atomic E-state index is -1.30. The fraction of sp³-hybridized carbons (Fsp3) is 0.0526. The molecule has 0 radical (unpaired) electrons. The number of fused-ring (bicyclic) bond motifs is 1. The Morgan fingerprint density at radius 2 is 1.54 bits per heavy atom. The summed E-state index contributed by atoms with van der Waals surface area (Å²) >= 11 is 0. The van der Waals surface area contributed by atoms with Crippen molar-refractivity contribution in [2.45, 2.75) is 6.61 Å². The summed E-state index contributed by atoms with van der Waals surface area (Å²) in [6.07, 6.45) is 0. The van der Waals surface area contributed by atoms with Crippen LogP contribution in [0.1, 0.15) is 26.3 Å². The van der Waals surface area contributed by atoms with Crippen LogP contribution in [0.5, 0.6) is 5.75 Å². The Bertz CT molecular complexity index is 925. The quantitative estimate of drug-likeness (QED) is 0.746. The highest BCUT2D eigenvalue weighted by atomic mass is 16.5. The molecule has 0 heterocycles. The Balaban J connectivity index is 1.88. The molecule has 0 aliphatic carbocycles. The van der Waals surface area contributed by atoms with E-state index >= 15 is 0 Å². The first kappa shape index (κ1) is 15.6. The molecule has 0 saturated carbocycles. The minimum absolute atomic E-state index is 0.257. The van der Waals surface area contributed by atoms with Crippen LogP contribution in [0.25, 0.3) is 10.8 Å². The molecule has 3 rings (SSSR count). The number of carbonyl (C=O) groups is 2. The van der Waals surface area contributed by atoms with Gasteiger partial charge in [-0.15, -0.1) is 0 Å². The fourth-order valence-corrected chi connectivity index (χ4v) is 2.56. The smallest absolute Gasteiger partial charge is 0.336 e. The monoisotopic (exact) mass is 322 g/mol. The first-order valence-electron chi connectivity index (χ1n) is 7.26. The summed E-state index contributed by atoms with van der Waals surface area (Å²) in [4.78, 5) is 22.3. The zero-order valence-corrected chi connectivity index (χ0v) is 12.6. The number of rotatable bonds is 5. The van der Waals surface area contributed by atoms with Crippen LogP contribution in [0.2, 0.25) is 0 Å². The lowest BCUT2D eigenvalue weighted by Gasteiger charge is -2.10. The summed E-state index contributed by atoms with van der Waals surface area (Å²) in [6, 6.07) is 17.7. The highest BCUT2D eigenvalue weighted by Crippen LogP contribution is 2.22. The van der Waals surface area contributed by atoms with Crippen molar-refractivity contribution in [3.05, 3.63) is 77.4 Å². The molecular formula is C19H14O5. The maximum atomic E-state index is 11.2. The lowest BCUT2D eigenvalue weighted by Crippen LogP contribution is -2.08. The standard InChI is InChI=1S/C19H14O5/c20-18(21)16-9-8-14(10-17(16)19(22)23)24-11-13-6-3-5-12-4-1-2-7-15(12)13/h1-10H,11H2,(H,20,21)(H,22,23). The molecule has 0 unspecified atom stereocenters. The first-order valence-corrected chi connectivity index (χ1v) is 7.26. The van der Waals surface area contributed by atoms with Gasteiger partial charge in [-0.3, -0.25) is 0 Å². The van der Waals surface area contributed by atoms with Crippen LogP contribution < -0.4 is 4.74 Å². The fourth-order valence-electron chi connectivity index (χ4n) is 2.56. The summed E-state index contributed by atoms with van der Waals surface area (Å²) in [5, 5.41) is 20.3. The third-order valence-electron chi connectivity index (χ3n) is 3.73. The third-order valence-corrected chi connectivity index (χ3v) is 3.73. The Labute approximate surface area is 137 Å². The predicted molar refractivity (Wildman–Crippen MR) is 88.6 cm³/mol. The number of carboxylic acids is 2. The van der Waals surface area contributed by atoms with Crippen molar-refractivity contribution in [1.29, 1.82) is 0 Å². The van der Waals surface area contributed by atoms with Crippen LogP contribution in [-0.4, -0.2) is 22.2 Å². The topological polar surface area (TPSA) is 83.8 Å². The van der Waals surface area contributed by atoms with Crippen molar-refractivity contribution < 1.29 is 24.5 Å². The van der Waals surface area contributed by atoms with Gasteiger partial charge >= 0.3 is 11.9 Å². The molecule has 120 valence electrons. The van der Waals surface area contributed by atoms with Gasteiger partial charge in [-0.1, -0.05) is 42.5 Å². The lowest BCUT2D eigenvalue weighted by atomic mass is 10.1. The van der Waals surface area contributed by atoms with Crippen molar-refractivity contribution in [3.63, 3.8) is 0 Å². The maximum absolute atomic E-state index is 11.2.